The van der Waals surface area contributed by atoms with Gasteiger partial charge < -0.3 is 34.7 Å². The van der Waals surface area contributed by atoms with E-state index in [1.165, 1.54) is 0 Å². The van der Waals surface area contributed by atoms with Gasteiger partial charge in [-0.3, -0.25) is 4.79 Å². The number of fused-ring (bicyclic) bond motifs is 2. The number of hydrogen-bond acceptors (Lipinski definition) is 9. The molecule has 6 rings (SSSR count). The Morgan fingerprint density at radius 2 is 1.94 bits per heavy atom. The van der Waals surface area contributed by atoms with Crippen LogP contribution in [0, 0.1) is 12.3 Å². The minimum absolute atomic E-state index is 0.00491. The SMILES string of the molecule is C#CC1(COC(=O)OCCCCC)CCC(n2ccc3c(NC(=O)CCc4ccccc4)nc(Cl)nc32)O1.O=C1NC2CSCC2N1. The minimum Gasteiger partial charge on any atom is -0.434 e. The van der Waals surface area contributed by atoms with Crippen molar-refractivity contribution in [3.63, 3.8) is 0 Å². The lowest BCUT2D eigenvalue weighted by atomic mass is 10.0. The number of carbonyl (C=O) groups is 3. The molecule has 3 N–H and O–H groups in total. The molecule has 3 aliphatic heterocycles. The van der Waals surface area contributed by atoms with Crippen LogP contribution >= 0.6 is 23.4 Å². The van der Waals surface area contributed by atoms with Crippen molar-refractivity contribution in [2.24, 2.45) is 0 Å². The highest BCUT2D eigenvalue weighted by Crippen LogP contribution is 2.39. The average molecular weight is 683 g/mol. The number of terminal acetylenes is 1. The second-order valence-corrected chi connectivity index (χ2v) is 13.0. The van der Waals surface area contributed by atoms with Gasteiger partial charge in [0.25, 0.3) is 0 Å². The van der Waals surface area contributed by atoms with Crippen LogP contribution in [-0.4, -0.2) is 75.0 Å². The molecular weight excluding hydrogens is 644 g/mol. The van der Waals surface area contributed by atoms with E-state index in [2.05, 4.69) is 38.8 Å². The summed E-state index contributed by atoms with van der Waals surface area (Å²) in [5.41, 5.74) is 0.482. The summed E-state index contributed by atoms with van der Waals surface area (Å²) in [5.74, 6) is 4.93. The second kappa shape index (κ2) is 16.2. The predicted molar refractivity (Wildman–Crippen MR) is 180 cm³/mol. The summed E-state index contributed by atoms with van der Waals surface area (Å²) >= 11 is 8.10. The Labute approximate surface area is 283 Å². The number of amides is 3. The fourth-order valence-electron chi connectivity index (χ4n) is 5.56. The van der Waals surface area contributed by atoms with E-state index in [-0.39, 0.29) is 23.8 Å². The van der Waals surface area contributed by atoms with E-state index in [0.717, 1.165) is 36.3 Å². The fourth-order valence-corrected chi connectivity index (χ4v) is 7.00. The summed E-state index contributed by atoms with van der Waals surface area (Å²) in [6.07, 6.45) is 11.1. The summed E-state index contributed by atoms with van der Waals surface area (Å²) in [6, 6.07) is 12.4. The van der Waals surface area contributed by atoms with Crippen LogP contribution in [0.4, 0.5) is 15.4 Å². The number of urea groups is 1. The monoisotopic (exact) mass is 682 g/mol. The third-order valence-corrected chi connectivity index (χ3v) is 9.48. The smallest absolute Gasteiger partial charge is 0.434 e. The summed E-state index contributed by atoms with van der Waals surface area (Å²) in [5, 5.41) is 9.16. The van der Waals surface area contributed by atoms with Crippen molar-refractivity contribution in [2.45, 2.75) is 75.8 Å². The molecule has 250 valence electrons. The molecule has 5 heterocycles. The molecular formula is C33H39ClN6O6S. The molecule has 0 saturated carbocycles. The number of unbranched alkanes of at least 4 members (excludes halogenated alkanes) is 2. The van der Waals surface area contributed by atoms with Crippen molar-refractivity contribution >= 4 is 58.3 Å². The number of rotatable bonds is 11. The van der Waals surface area contributed by atoms with Crippen LogP contribution in [0.3, 0.4) is 0 Å². The predicted octanol–water partition coefficient (Wildman–Crippen LogP) is 5.46. The zero-order valence-corrected chi connectivity index (χ0v) is 27.8. The number of hydrogen-bond donors (Lipinski definition) is 3. The Morgan fingerprint density at radius 1 is 1.17 bits per heavy atom. The highest BCUT2D eigenvalue weighted by atomic mass is 35.5. The molecule has 12 nitrogen and oxygen atoms in total. The number of ether oxygens (including phenoxy) is 3. The molecule has 0 bridgehead atoms. The third-order valence-electron chi connectivity index (χ3n) is 8.12. The number of nitrogens with one attached hydrogen (secondary N) is 3. The van der Waals surface area contributed by atoms with E-state index in [0.29, 0.717) is 61.2 Å². The minimum atomic E-state index is -1.09. The first-order chi connectivity index (χ1) is 22.8. The van der Waals surface area contributed by atoms with E-state index >= 15 is 0 Å². The maximum atomic E-state index is 12.6. The maximum absolute atomic E-state index is 12.6. The second-order valence-electron chi connectivity index (χ2n) is 11.5. The number of anilines is 1. The van der Waals surface area contributed by atoms with E-state index in [9.17, 15) is 14.4 Å². The molecule has 0 spiro atoms. The van der Waals surface area contributed by atoms with Crippen LogP contribution in [0.25, 0.3) is 11.0 Å². The topological polar surface area (TPSA) is 146 Å². The quantitative estimate of drug-likeness (QED) is 0.0789. The van der Waals surface area contributed by atoms with Gasteiger partial charge in [-0.2, -0.15) is 21.7 Å². The lowest BCUT2D eigenvalue weighted by molar-refractivity contribution is -0.116. The first-order valence-electron chi connectivity index (χ1n) is 15.8. The Hall–Kier alpha value is -3.99. The Balaban J connectivity index is 0.000000410. The van der Waals surface area contributed by atoms with Crippen LogP contribution in [0.15, 0.2) is 42.6 Å². The molecule has 3 saturated heterocycles. The Kier molecular flexibility index (Phi) is 11.8. The first kappa shape index (κ1) is 34.3. The molecule has 4 unspecified atom stereocenters. The summed E-state index contributed by atoms with van der Waals surface area (Å²) in [7, 11) is 0. The van der Waals surface area contributed by atoms with Crippen LogP contribution in [-0.2, 0) is 25.4 Å². The molecule has 3 aliphatic rings. The van der Waals surface area contributed by atoms with Gasteiger partial charge in [0.05, 0.1) is 24.1 Å². The van der Waals surface area contributed by atoms with Gasteiger partial charge in [-0.1, -0.05) is 56.0 Å². The van der Waals surface area contributed by atoms with E-state index in [1.807, 2.05) is 42.1 Å². The zero-order valence-electron chi connectivity index (χ0n) is 26.2. The average Bonchev–Trinajstić information content (AvgIpc) is 3.86. The lowest BCUT2D eigenvalue weighted by Crippen LogP contribution is -2.34. The van der Waals surface area contributed by atoms with Gasteiger partial charge in [-0.05, 0) is 48.9 Å². The Morgan fingerprint density at radius 3 is 2.66 bits per heavy atom. The van der Waals surface area contributed by atoms with Crippen molar-refractivity contribution in [3.8, 4) is 12.3 Å². The van der Waals surface area contributed by atoms with Crippen molar-refractivity contribution in [1.29, 1.82) is 0 Å². The molecule has 4 atom stereocenters. The molecule has 1 aromatic carbocycles. The lowest BCUT2D eigenvalue weighted by Gasteiger charge is -2.23. The van der Waals surface area contributed by atoms with E-state index < -0.39 is 18.0 Å². The van der Waals surface area contributed by atoms with Crippen LogP contribution in [0.5, 0.6) is 0 Å². The number of aryl methyl sites for hydroxylation is 1. The number of aromatic nitrogens is 3. The number of benzene rings is 1. The van der Waals surface area contributed by atoms with Gasteiger partial charge in [0, 0.05) is 24.1 Å². The third kappa shape index (κ3) is 9.09. The molecule has 3 aromatic rings. The standard InChI is InChI=1S/C28H31ClN4O5.C5H8N2OS/c1-3-5-9-18-36-27(35)37-19-28(4-2)16-14-23(38-28)33-17-15-21-24(31-26(29)32-25(21)33)30-22(34)13-12-20-10-7-6-8-11-20;8-5-6-3-1-9-2-4(3)7-5/h2,6-8,10-11,15,17,23H,3,5,9,12-14,16,18-19H2,1H3,(H,30,31,32,34);3-4H,1-2H2,(H2,6,7,8). The fraction of sp³-hybridized carbons (Fsp3) is 0.485. The maximum Gasteiger partial charge on any atom is 0.508 e. The Bertz CT molecular complexity index is 1590. The first-order valence-corrected chi connectivity index (χ1v) is 17.3. The van der Waals surface area contributed by atoms with Crippen LogP contribution in [0.2, 0.25) is 5.28 Å². The molecule has 0 radical (unpaired) electrons. The number of thioether (sulfide) groups is 1. The van der Waals surface area contributed by atoms with E-state index in [4.69, 9.17) is 32.2 Å². The highest BCUT2D eigenvalue weighted by Gasteiger charge is 2.41. The molecule has 2 aromatic heterocycles. The van der Waals surface area contributed by atoms with Crippen molar-refractivity contribution in [2.75, 3.05) is 30.0 Å². The van der Waals surface area contributed by atoms with Gasteiger partial charge >= 0.3 is 12.2 Å². The van der Waals surface area contributed by atoms with Crippen molar-refractivity contribution < 1.29 is 28.6 Å². The zero-order chi connectivity index (χ0) is 33.2. The molecule has 14 heteroatoms. The van der Waals surface area contributed by atoms with Gasteiger partial charge in [-0.15, -0.1) is 6.42 Å². The molecule has 3 fully saturated rings. The van der Waals surface area contributed by atoms with Crippen molar-refractivity contribution in [1.82, 2.24) is 25.2 Å². The van der Waals surface area contributed by atoms with Gasteiger partial charge in [0.2, 0.25) is 11.2 Å². The van der Waals surface area contributed by atoms with E-state index in [1.54, 1.807) is 16.8 Å². The molecule has 0 aliphatic carbocycles. The number of carbonyl (C=O) groups excluding carboxylic acids is 3. The van der Waals surface area contributed by atoms with Crippen LogP contribution in [0.1, 0.15) is 57.2 Å². The summed E-state index contributed by atoms with van der Waals surface area (Å²) in [4.78, 5) is 43.8. The van der Waals surface area contributed by atoms with Crippen LogP contribution < -0.4 is 16.0 Å². The highest BCUT2D eigenvalue weighted by molar-refractivity contribution is 7.99. The largest absolute Gasteiger partial charge is 0.508 e. The van der Waals surface area contributed by atoms with Crippen molar-refractivity contribution in [3.05, 3.63) is 53.4 Å². The summed E-state index contributed by atoms with van der Waals surface area (Å²) in [6.45, 7) is 2.26. The van der Waals surface area contributed by atoms with Gasteiger partial charge in [-0.25, -0.2) is 9.59 Å². The number of halogens is 1. The van der Waals surface area contributed by atoms with Gasteiger partial charge in [0.15, 0.2) is 5.60 Å². The number of nitrogens with zero attached hydrogens (tertiary/aromatic N) is 3. The summed E-state index contributed by atoms with van der Waals surface area (Å²) < 4.78 is 18.3. The normalized spacial score (nSPS) is 22.7. The molecule has 47 heavy (non-hydrogen) atoms. The van der Waals surface area contributed by atoms with Gasteiger partial charge in [0.1, 0.15) is 24.3 Å². The molecule has 3 amide bonds.